The van der Waals surface area contributed by atoms with E-state index in [2.05, 4.69) is 20.5 Å². The summed E-state index contributed by atoms with van der Waals surface area (Å²) in [6.07, 6.45) is 5.42. The van der Waals surface area contributed by atoms with Crippen LogP contribution in [0, 0.1) is 6.92 Å². The number of pyridine rings is 1. The molecule has 0 unspecified atom stereocenters. The van der Waals surface area contributed by atoms with Crippen LogP contribution in [-0.2, 0) is 21.3 Å². The third-order valence-corrected chi connectivity index (χ3v) is 8.84. The Labute approximate surface area is 249 Å². The SMILES string of the molecule is COc1c(NC(=O)c2ccc(C)c(Oc3ccnc(CN4CCCNCC4)c3)c2)cc(C(C)(C)C)cc1S(C)(C)(=O)O. The van der Waals surface area contributed by atoms with E-state index in [9.17, 15) is 13.6 Å². The number of aryl methyl sites for hydroxylation is 1. The van der Waals surface area contributed by atoms with Crippen LogP contribution in [0.1, 0.15) is 54.4 Å². The van der Waals surface area contributed by atoms with Gasteiger partial charge in [0.05, 0.1) is 23.4 Å². The van der Waals surface area contributed by atoms with Gasteiger partial charge in [-0.25, -0.2) is 4.21 Å². The summed E-state index contributed by atoms with van der Waals surface area (Å²) in [5.74, 6) is 0.964. The molecule has 3 N–H and O–H groups in total. The number of nitrogens with zero attached hydrogens (tertiary/aromatic N) is 2. The minimum atomic E-state index is -4.21. The number of rotatable bonds is 8. The number of carbonyl (C=O) groups excluding carboxylic acids is 1. The Hall–Kier alpha value is -3.31. The van der Waals surface area contributed by atoms with Gasteiger partial charge in [-0.2, -0.15) is 9.35 Å². The summed E-state index contributed by atoms with van der Waals surface area (Å²) in [5.41, 5.74) is 2.95. The normalized spacial score (nSPS) is 15.8. The summed E-state index contributed by atoms with van der Waals surface area (Å²) in [4.78, 5) is 20.6. The van der Waals surface area contributed by atoms with Crippen LogP contribution >= 0.6 is 0 Å². The van der Waals surface area contributed by atoms with E-state index in [1.54, 1.807) is 30.5 Å². The summed E-state index contributed by atoms with van der Waals surface area (Å²) >= 11 is 0. The third kappa shape index (κ3) is 7.95. The van der Waals surface area contributed by atoms with Crippen LogP contribution in [0.4, 0.5) is 5.69 Å². The van der Waals surface area contributed by atoms with Gasteiger partial charge in [-0.1, -0.05) is 26.8 Å². The number of benzene rings is 2. The van der Waals surface area contributed by atoms with Gasteiger partial charge < -0.3 is 20.1 Å². The van der Waals surface area contributed by atoms with Gasteiger partial charge in [0.15, 0.2) is 5.75 Å². The van der Waals surface area contributed by atoms with Crippen molar-refractivity contribution in [3.63, 3.8) is 0 Å². The highest BCUT2D eigenvalue weighted by Crippen LogP contribution is 2.43. The Morgan fingerprint density at radius 1 is 1.12 bits per heavy atom. The highest BCUT2D eigenvalue weighted by atomic mass is 32.3. The average molecular weight is 597 g/mol. The van der Waals surface area contributed by atoms with E-state index in [0.29, 0.717) is 22.7 Å². The first-order valence-corrected chi connectivity index (χ1v) is 16.9. The fourth-order valence-electron chi connectivity index (χ4n) is 4.84. The van der Waals surface area contributed by atoms with Gasteiger partial charge in [0.1, 0.15) is 11.5 Å². The summed E-state index contributed by atoms with van der Waals surface area (Å²) in [6, 6.07) is 12.5. The largest absolute Gasteiger partial charge is 0.493 e. The van der Waals surface area contributed by atoms with Gasteiger partial charge in [0.2, 0.25) is 0 Å². The molecule has 42 heavy (non-hydrogen) atoms. The Bertz CT molecular complexity index is 1510. The van der Waals surface area contributed by atoms with Crippen molar-refractivity contribution < 1.29 is 23.0 Å². The molecule has 1 saturated heterocycles. The molecule has 2 aromatic carbocycles. The number of aromatic nitrogens is 1. The first-order valence-electron chi connectivity index (χ1n) is 14.2. The Morgan fingerprint density at radius 3 is 2.57 bits per heavy atom. The van der Waals surface area contributed by atoms with E-state index < -0.39 is 15.3 Å². The fourth-order valence-corrected chi connectivity index (χ4v) is 6.03. The van der Waals surface area contributed by atoms with E-state index in [0.717, 1.165) is 56.0 Å². The molecular formula is C32H44N4O5S. The molecule has 10 heteroatoms. The third-order valence-electron chi connectivity index (χ3n) is 7.29. The monoisotopic (exact) mass is 596 g/mol. The van der Waals surface area contributed by atoms with Crippen molar-refractivity contribution in [2.75, 3.05) is 51.1 Å². The number of methoxy groups -OCH3 is 1. The smallest absolute Gasteiger partial charge is 0.255 e. The summed E-state index contributed by atoms with van der Waals surface area (Å²) in [7, 11) is -2.79. The van der Waals surface area contributed by atoms with Gasteiger partial charge >= 0.3 is 0 Å². The Balaban J connectivity index is 1.60. The van der Waals surface area contributed by atoms with Crippen molar-refractivity contribution in [2.45, 2.75) is 51.0 Å². The van der Waals surface area contributed by atoms with Crippen LogP contribution in [-0.4, -0.2) is 70.4 Å². The molecule has 1 amide bonds. The maximum absolute atomic E-state index is 13.5. The zero-order valence-electron chi connectivity index (χ0n) is 25.7. The number of carbonyl (C=O) groups is 1. The second-order valence-electron chi connectivity index (χ2n) is 12.5. The highest BCUT2D eigenvalue weighted by molar-refractivity contribution is 8.14. The molecule has 1 aliphatic rings. The van der Waals surface area contributed by atoms with Crippen LogP contribution in [0.15, 0.2) is 53.6 Å². The molecule has 4 rings (SSSR count). The van der Waals surface area contributed by atoms with E-state index in [4.69, 9.17) is 9.47 Å². The van der Waals surface area contributed by atoms with E-state index in [1.807, 2.05) is 45.9 Å². The molecule has 0 radical (unpaired) electrons. The van der Waals surface area contributed by atoms with E-state index in [1.165, 1.54) is 19.6 Å². The van der Waals surface area contributed by atoms with Gasteiger partial charge in [-0.05, 0) is 73.3 Å². The molecule has 0 bridgehead atoms. The van der Waals surface area contributed by atoms with Crippen LogP contribution in [0.25, 0.3) is 0 Å². The maximum Gasteiger partial charge on any atom is 0.255 e. The Kier molecular flexibility index (Phi) is 9.13. The zero-order chi connectivity index (χ0) is 30.7. The molecule has 0 atom stereocenters. The summed E-state index contributed by atoms with van der Waals surface area (Å²) < 4.78 is 36.0. The first-order chi connectivity index (χ1) is 19.6. The second kappa shape index (κ2) is 12.1. The molecule has 3 aromatic rings. The lowest BCUT2D eigenvalue weighted by Gasteiger charge is -2.37. The van der Waals surface area contributed by atoms with Crippen molar-refractivity contribution in [3.8, 4) is 17.2 Å². The molecule has 0 aliphatic carbocycles. The second-order valence-corrected chi connectivity index (χ2v) is 16.4. The van der Waals surface area contributed by atoms with Crippen LogP contribution in [0.5, 0.6) is 17.2 Å². The molecule has 0 spiro atoms. The molecule has 1 aromatic heterocycles. The van der Waals surface area contributed by atoms with Crippen LogP contribution in [0.3, 0.4) is 0 Å². The summed E-state index contributed by atoms with van der Waals surface area (Å²) in [6.45, 7) is 12.7. The topological polar surface area (TPSA) is 113 Å². The first kappa shape index (κ1) is 31.6. The van der Waals surface area contributed by atoms with E-state index >= 15 is 0 Å². The van der Waals surface area contributed by atoms with Crippen LogP contribution in [0.2, 0.25) is 0 Å². The lowest BCUT2D eigenvalue weighted by atomic mass is 9.86. The summed E-state index contributed by atoms with van der Waals surface area (Å²) in [5, 5.41) is 6.34. The molecular weight excluding hydrogens is 552 g/mol. The molecule has 1 aliphatic heterocycles. The standard InChI is InChI=1S/C32H44N4O5S/c1-22-9-10-23(17-28(22)41-26-11-13-34-25(20-26)21-36-15-8-12-33-14-16-36)31(37)35-27-18-24(32(2,3)4)19-29(30(27)40-5)42(6,7,38)39/h9-11,13,17-20,33H,8,12,14-16,21H2,1-7H3,(H,35,37)(H,38,39). The van der Waals surface area contributed by atoms with Gasteiger partial charge in [0.25, 0.3) is 5.91 Å². The quantitative estimate of drug-likeness (QED) is 0.315. The molecule has 2 heterocycles. The van der Waals surface area contributed by atoms with Gasteiger partial charge in [-0.3, -0.25) is 19.2 Å². The Morgan fingerprint density at radius 2 is 1.88 bits per heavy atom. The number of hydrogen-bond donors (Lipinski definition) is 3. The average Bonchev–Trinajstić information content (AvgIpc) is 3.17. The zero-order valence-corrected chi connectivity index (χ0v) is 26.6. The molecule has 1 fully saturated rings. The molecule has 0 saturated carbocycles. The number of amides is 1. The number of hydrogen-bond acceptors (Lipinski definition) is 7. The highest BCUT2D eigenvalue weighted by Gasteiger charge is 2.29. The van der Waals surface area contributed by atoms with Crippen molar-refractivity contribution in [2.24, 2.45) is 0 Å². The number of nitrogens with one attached hydrogen (secondary N) is 2. The molecule has 9 nitrogen and oxygen atoms in total. The van der Waals surface area contributed by atoms with Crippen LogP contribution < -0.4 is 20.1 Å². The van der Waals surface area contributed by atoms with Gasteiger partial charge in [-0.15, -0.1) is 0 Å². The maximum atomic E-state index is 13.5. The number of anilines is 1. The number of ether oxygens (including phenoxy) is 2. The predicted octanol–water partition coefficient (Wildman–Crippen LogP) is 5.45. The van der Waals surface area contributed by atoms with Crippen molar-refractivity contribution in [1.82, 2.24) is 15.2 Å². The predicted molar refractivity (Wildman–Crippen MR) is 169 cm³/mol. The minimum Gasteiger partial charge on any atom is -0.493 e. The lowest BCUT2D eigenvalue weighted by Crippen LogP contribution is -2.30. The van der Waals surface area contributed by atoms with Crippen molar-refractivity contribution >= 4 is 20.9 Å². The van der Waals surface area contributed by atoms with E-state index in [-0.39, 0.29) is 16.1 Å². The fraction of sp³-hybridized carbons (Fsp3) is 0.438. The van der Waals surface area contributed by atoms with Gasteiger partial charge in [0, 0.05) is 50.0 Å². The van der Waals surface area contributed by atoms with Crippen molar-refractivity contribution in [1.29, 1.82) is 0 Å². The lowest BCUT2D eigenvalue weighted by molar-refractivity contribution is 0.102. The molecule has 228 valence electrons. The minimum absolute atomic E-state index is 0.148. The van der Waals surface area contributed by atoms with Crippen molar-refractivity contribution in [3.05, 3.63) is 71.0 Å².